The minimum Gasteiger partial charge on any atom is -0.355 e. The Labute approximate surface area is 169 Å². The fourth-order valence-corrected chi connectivity index (χ4v) is 2.75. The minimum absolute atomic E-state index is 0. The van der Waals surface area contributed by atoms with Gasteiger partial charge in [0.05, 0.1) is 5.69 Å². The molecule has 2 N–H and O–H groups in total. The molecule has 2 rings (SSSR count). The number of hydrogen-bond donors (Lipinski definition) is 2. The van der Waals surface area contributed by atoms with Gasteiger partial charge in [-0.15, -0.1) is 24.0 Å². The maximum Gasteiger partial charge on any atom is 0.191 e. The number of hydrogen-bond acceptors (Lipinski definition) is 3. The molecule has 1 aliphatic carbocycles. The fourth-order valence-electron chi connectivity index (χ4n) is 2.75. The summed E-state index contributed by atoms with van der Waals surface area (Å²) < 4.78 is 2.08. The number of guanidine groups is 1. The highest BCUT2D eigenvalue weighted by Crippen LogP contribution is 2.21. The molecule has 0 spiro atoms. The zero-order valence-electron chi connectivity index (χ0n) is 16.8. The third-order valence-electron chi connectivity index (χ3n) is 5.09. The molecule has 25 heavy (non-hydrogen) atoms. The Morgan fingerprint density at radius 1 is 1.44 bits per heavy atom. The van der Waals surface area contributed by atoms with Gasteiger partial charge >= 0.3 is 0 Å². The van der Waals surface area contributed by atoms with E-state index in [9.17, 15) is 0 Å². The van der Waals surface area contributed by atoms with E-state index in [0.29, 0.717) is 12.1 Å². The summed E-state index contributed by atoms with van der Waals surface area (Å²) in [5.74, 6) is 0.877. The Morgan fingerprint density at radius 3 is 2.68 bits per heavy atom. The third kappa shape index (κ3) is 5.84. The van der Waals surface area contributed by atoms with Crippen LogP contribution in [-0.2, 0) is 12.8 Å². The van der Waals surface area contributed by atoms with E-state index in [2.05, 4.69) is 73.2 Å². The zero-order chi connectivity index (χ0) is 17.9. The molecule has 1 aromatic heterocycles. The maximum absolute atomic E-state index is 4.75. The molecule has 0 saturated heterocycles. The van der Waals surface area contributed by atoms with Crippen molar-refractivity contribution < 1.29 is 0 Å². The van der Waals surface area contributed by atoms with E-state index < -0.39 is 0 Å². The molecule has 1 unspecified atom stereocenters. The van der Waals surface area contributed by atoms with Gasteiger partial charge in [0.25, 0.3) is 0 Å². The predicted molar refractivity (Wildman–Crippen MR) is 116 cm³/mol. The SMILES string of the molecule is CN=C(NCC(C)(C)N(C)C)NC1CCc2cn(C(C)C)nc2C1.I. The van der Waals surface area contributed by atoms with Crippen LogP contribution >= 0.6 is 24.0 Å². The highest BCUT2D eigenvalue weighted by molar-refractivity contribution is 14.0. The van der Waals surface area contributed by atoms with Crippen LogP contribution in [0.25, 0.3) is 0 Å². The molecule has 0 radical (unpaired) electrons. The summed E-state index contributed by atoms with van der Waals surface area (Å²) in [5.41, 5.74) is 2.71. The molecule has 7 heteroatoms. The van der Waals surface area contributed by atoms with Crippen molar-refractivity contribution in [2.45, 2.75) is 64.6 Å². The Morgan fingerprint density at radius 2 is 2.12 bits per heavy atom. The molecule has 6 nitrogen and oxygen atoms in total. The number of aryl methyl sites for hydroxylation is 1. The first kappa shape index (κ1) is 22.2. The lowest BCUT2D eigenvalue weighted by molar-refractivity contribution is 0.197. The Bertz CT molecular complexity index is 576. The normalized spacial score (nSPS) is 18.1. The number of rotatable bonds is 5. The monoisotopic (exact) mass is 462 g/mol. The van der Waals surface area contributed by atoms with Gasteiger partial charge in [-0.25, -0.2) is 0 Å². The van der Waals surface area contributed by atoms with Crippen LogP contribution in [0.5, 0.6) is 0 Å². The predicted octanol–water partition coefficient (Wildman–Crippen LogP) is 2.44. The van der Waals surface area contributed by atoms with Crippen molar-refractivity contribution in [3.8, 4) is 0 Å². The van der Waals surface area contributed by atoms with Gasteiger partial charge in [0.2, 0.25) is 0 Å². The van der Waals surface area contributed by atoms with Crippen LogP contribution in [0.2, 0.25) is 0 Å². The second kappa shape index (κ2) is 9.21. The van der Waals surface area contributed by atoms with Gasteiger partial charge in [0, 0.05) is 43.8 Å². The first-order valence-corrected chi connectivity index (χ1v) is 8.94. The van der Waals surface area contributed by atoms with Crippen LogP contribution in [0.15, 0.2) is 11.2 Å². The molecule has 1 atom stereocenters. The molecule has 0 bridgehead atoms. The van der Waals surface area contributed by atoms with Gasteiger partial charge in [-0.05, 0) is 60.2 Å². The average Bonchev–Trinajstić information content (AvgIpc) is 2.94. The number of likely N-dealkylation sites (N-methyl/N-ethyl adjacent to an activating group) is 1. The van der Waals surface area contributed by atoms with Crippen LogP contribution in [0, 0.1) is 0 Å². The molecule has 0 aromatic carbocycles. The number of halogens is 1. The molecule has 0 amide bonds. The van der Waals surface area contributed by atoms with Crippen LogP contribution in [-0.4, -0.2) is 59.9 Å². The van der Waals surface area contributed by atoms with E-state index in [1.807, 2.05) is 7.05 Å². The standard InChI is InChI=1S/C18H34N6.HI/c1-13(2)24-11-14-8-9-15(10-16(14)22-24)21-17(19-5)20-12-18(3,4)23(6)7;/h11,13,15H,8-10,12H2,1-7H3,(H2,19,20,21);1H. The number of aliphatic imine (C=N–C) groups is 1. The molecular formula is C18H35IN6. The van der Waals surface area contributed by atoms with E-state index in [4.69, 9.17) is 5.10 Å². The van der Waals surface area contributed by atoms with Gasteiger partial charge < -0.3 is 15.5 Å². The van der Waals surface area contributed by atoms with E-state index in [1.165, 1.54) is 11.3 Å². The van der Waals surface area contributed by atoms with Gasteiger partial charge in [-0.1, -0.05) is 0 Å². The fraction of sp³-hybridized carbons (Fsp3) is 0.778. The summed E-state index contributed by atoms with van der Waals surface area (Å²) in [6.45, 7) is 9.63. The van der Waals surface area contributed by atoms with Crippen LogP contribution in [0.1, 0.15) is 51.4 Å². The molecular weight excluding hydrogens is 427 g/mol. The van der Waals surface area contributed by atoms with Crippen LogP contribution < -0.4 is 10.6 Å². The van der Waals surface area contributed by atoms with Crippen molar-refractivity contribution in [3.63, 3.8) is 0 Å². The Balaban J connectivity index is 0.00000312. The number of aromatic nitrogens is 2. The van der Waals surface area contributed by atoms with Crippen LogP contribution in [0.4, 0.5) is 0 Å². The molecule has 144 valence electrons. The van der Waals surface area contributed by atoms with E-state index >= 15 is 0 Å². The average molecular weight is 462 g/mol. The number of nitrogens with zero attached hydrogens (tertiary/aromatic N) is 4. The van der Waals surface area contributed by atoms with E-state index in [1.54, 1.807) is 0 Å². The van der Waals surface area contributed by atoms with Gasteiger partial charge in [-0.2, -0.15) is 5.10 Å². The molecule has 0 saturated carbocycles. The molecule has 0 fully saturated rings. The Hall–Kier alpha value is -0.830. The third-order valence-corrected chi connectivity index (χ3v) is 5.09. The summed E-state index contributed by atoms with van der Waals surface area (Å²) >= 11 is 0. The quantitative estimate of drug-likeness (QED) is 0.401. The van der Waals surface area contributed by atoms with Crippen molar-refractivity contribution in [1.29, 1.82) is 0 Å². The summed E-state index contributed by atoms with van der Waals surface area (Å²) in [6, 6.07) is 0.811. The topological polar surface area (TPSA) is 57.5 Å². The van der Waals surface area contributed by atoms with Crippen molar-refractivity contribution in [3.05, 3.63) is 17.5 Å². The molecule has 0 aliphatic heterocycles. The summed E-state index contributed by atoms with van der Waals surface area (Å²) in [6.07, 6.45) is 5.38. The van der Waals surface area contributed by atoms with Gasteiger partial charge in [0.15, 0.2) is 5.96 Å². The van der Waals surface area contributed by atoms with Crippen molar-refractivity contribution in [2.24, 2.45) is 4.99 Å². The van der Waals surface area contributed by atoms with E-state index in [0.717, 1.165) is 31.8 Å². The van der Waals surface area contributed by atoms with Gasteiger partial charge in [-0.3, -0.25) is 9.67 Å². The van der Waals surface area contributed by atoms with Crippen molar-refractivity contribution in [1.82, 2.24) is 25.3 Å². The lowest BCUT2D eigenvalue weighted by atomic mass is 9.94. The lowest BCUT2D eigenvalue weighted by Gasteiger charge is -2.34. The highest BCUT2D eigenvalue weighted by Gasteiger charge is 2.24. The number of fused-ring (bicyclic) bond motifs is 1. The smallest absolute Gasteiger partial charge is 0.191 e. The van der Waals surface area contributed by atoms with Crippen molar-refractivity contribution in [2.75, 3.05) is 27.7 Å². The molecule has 1 aromatic rings. The molecule has 1 aliphatic rings. The second-order valence-electron chi connectivity index (χ2n) is 7.89. The summed E-state index contributed by atoms with van der Waals surface area (Å²) in [5, 5.41) is 11.8. The maximum atomic E-state index is 4.75. The summed E-state index contributed by atoms with van der Waals surface area (Å²) in [4.78, 5) is 6.61. The van der Waals surface area contributed by atoms with Crippen molar-refractivity contribution >= 4 is 29.9 Å². The largest absolute Gasteiger partial charge is 0.355 e. The first-order chi connectivity index (χ1) is 11.2. The highest BCUT2D eigenvalue weighted by atomic mass is 127. The Kier molecular flexibility index (Phi) is 8.18. The van der Waals surface area contributed by atoms with Gasteiger partial charge in [0.1, 0.15) is 0 Å². The minimum atomic E-state index is 0. The lowest BCUT2D eigenvalue weighted by Crippen LogP contribution is -2.53. The summed E-state index contributed by atoms with van der Waals surface area (Å²) in [7, 11) is 6.04. The van der Waals surface area contributed by atoms with Crippen LogP contribution in [0.3, 0.4) is 0 Å². The molecule has 1 heterocycles. The zero-order valence-corrected chi connectivity index (χ0v) is 19.1. The van der Waals surface area contributed by atoms with E-state index in [-0.39, 0.29) is 29.5 Å². The number of nitrogens with one attached hydrogen (secondary N) is 2. The second-order valence-corrected chi connectivity index (χ2v) is 7.89. The first-order valence-electron chi connectivity index (χ1n) is 8.94.